The highest BCUT2D eigenvalue weighted by molar-refractivity contribution is 6.33. The van der Waals surface area contributed by atoms with E-state index in [2.05, 4.69) is 5.32 Å². The van der Waals surface area contributed by atoms with Crippen LogP contribution in [0.25, 0.3) is 0 Å². The highest BCUT2D eigenvalue weighted by Gasteiger charge is 2.18. The molecule has 0 bridgehead atoms. The smallest absolute Gasteiger partial charge is 0.270 e. The van der Waals surface area contributed by atoms with Crippen LogP contribution in [0.1, 0.15) is 31.1 Å². The third-order valence-electron chi connectivity index (χ3n) is 2.18. The molecular weight excluding hydrogens is 256 g/mol. The Kier molecular flexibility index (Phi) is 4.29. The predicted molar refractivity (Wildman–Crippen MR) is 69.9 cm³/mol. The molecule has 5 nitrogen and oxygen atoms in total. The summed E-state index contributed by atoms with van der Waals surface area (Å²) in [6.45, 7) is 6.39. The maximum Gasteiger partial charge on any atom is 0.270 e. The minimum atomic E-state index is -0.559. The van der Waals surface area contributed by atoms with Crippen LogP contribution in [0.5, 0.6) is 0 Å². The molecule has 1 aromatic carbocycles. The predicted octanol–water partition coefficient (Wildman–Crippen LogP) is 3.02. The molecule has 0 unspecified atom stereocenters. The molecule has 0 heterocycles. The Morgan fingerprint density at radius 1 is 1.44 bits per heavy atom. The second kappa shape index (κ2) is 5.35. The van der Waals surface area contributed by atoms with Gasteiger partial charge in [0.1, 0.15) is 0 Å². The zero-order valence-electron chi connectivity index (χ0n) is 10.5. The fraction of sp³-hybridized carbons (Fsp3) is 0.417. The zero-order valence-corrected chi connectivity index (χ0v) is 11.2. The third-order valence-corrected chi connectivity index (χ3v) is 2.51. The number of hydrogen-bond acceptors (Lipinski definition) is 3. The first-order valence-electron chi connectivity index (χ1n) is 5.43. The van der Waals surface area contributed by atoms with Crippen molar-refractivity contribution in [1.82, 2.24) is 5.32 Å². The van der Waals surface area contributed by atoms with E-state index in [9.17, 15) is 14.9 Å². The van der Waals surface area contributed by atoms with Gasteiger partial charge in [-0.15, -0.1) is 0 Å². The lowest BCUT2D eigenvalue weighted by Crippen LogP contribution is -2.32. The number of hydrogen-bond donors (Lipinski definition) is 1. The molecule has 1 amide bonds. The van der Waals surface area contributed by atoms with Crippen molar-refractivity contribution in [1.29, 1.82) is 0 Å². The van der Waals surface area contributed by atoms with Crippen LogP contribution in [0.3, 0.4) is 0 Å². The van der Waals surface area contributed by atoms with E-state index in [0.29, 0.717) is 6.54 Å². The van der Waals surface area contributed by atoms with E-state index in [1.54, 1.807) is 0 Å². The van der Waals surface area contributed by atoms with Crippen molar-refractivity contribution >= 4 is 23.2 Å². The molecule has 98 valence electrons. The van der Waals surface area contributed by atoms with Gasteiger partial charge in [0.15, 0.2) is 0 Å². The van der Waals surface area contributed by atoms with E-state index < -0.39 is 10.8 Å². The molecule has 6 heteroatoms. The van der Waals surface area contributed by atoms with E-state index in [1.165, 1.54) is 18.2 Å². The van der Waals surface area contributed by atoms with Gasteiger partial charge >= 0.3 is 0 Å². The molecule has 1 rings (SSSR count). The van der Waals surface area contributed by atoms with Crippen LogP contribution >= 0.6 is 11.6 Å². The molecule has 0 saturated carbocycles. The average Bonchev–Trinajstić information content (AvgIpc) is 2.25. The molecule has 0 radical (unpaired) electrons. The van der Waals surface area contributed by atoms with Crippen molar-refractivity contribution in [3.63, 3.8) is 0 Å². The van der Waals surface area contributed by atoms with Crippen LogP contribution < -0.4 is 5.32 Å². The second-order valence-electron chi connectivity index (χ2n) is 5.16. The first-order chi connectivity index (χ1) is 8.20. The van der Waals surface area contributed by atoms with Gasteiger partial charge in [-0.3, -0.25) is 14.9 Å². The number of nitrogens with zero attached hydrogens (tertiary/aromatic N) is 1. The number of non-ortho nitro benzene ring substituents is 1. The Balaban J connectivity index is 2.91. The first-order valence-corrected chi connectivity index (χ1v) is 5.80. The van der Waals surface area contributed by atoms with Gasteiger partial charge in [-0.2, -0.15) is 0 Å². The quantitative estimate of drug-likeness (QED) is 0.678. The van der Waals surface area contributed by atoms with E-state index >= 15 is 0 Å². The van der Waals surface area contributed by atoms with Crippen molar-refractivity contribution in [2.24, 2.45) is 5.41 Å². The van der Waals surface area contributed by atoms with Crippen LogP contribution in [-0.4, -0.2) is 17.4 Å². The summed E-state index contributed by atoms with van der Waals surface area (Å²) in [5.74, 6) is -0.404. The Labute approximate surface area is 110 Å². The molecule has 0 aliphatic rings. The third kappa shape index (κ3) is 4.00. The molecule has 0 atom stereocenters. The number of halogens is 1. The number of benzene rings is 1. The molecule has 0 fully saturated rings. The van der Waals surface area contributed by atoms with E-state index in [1.807, 2.05) is 20.8 Å². The maximum absolute atomic E-state index is 11.9. The molecule has 1 aromatic rings. The lowest BCUT2D eigenvalue weighted by atomic mass is 9.97. The van der Waals surface area contributed by atoms with Gasteiger partial charge in [0.2, 0.25) is 0 Å². The largest absolute Gasteiger partial charge is 0.351 e. The van der Waals surface area contributed by atoms with E-state index in [4.69, 9.17) is 11.6 Å². The number of carbonyl (C=O) groups is 1. The summed E-state index contributed by atoms with van der Waals surface area (Å²) in [6.07, 6.45) is 0. The van der Waals surface area contributed by atoms with Crippen molar-refractivity contribution in [2.45, 2.75) is 20.8 Å². The Hall–Kier alpha value is -1.62. The van der Waals surface area contributed by atoms with Crippen molar-refractivity contribution in [3.8, 4) is 0 Å². The van der Waals surface area contributed by atoms with Gasteiger partial charge in [-0.05, 0) is 11.5 Å². The summed E-state index contributed by atoms with van der Waals surface area (Å²) in [5, 5.41) is 13.5. The van der Waals surface area contributed by atoms with Gasteiger partial charge < -0.3 is 5.32 Å². The van der Waals surface area contributed by atoms with Crippen molar-refractivity contribution in [3.05, 3.63) is 38.9 Å². The molecule has 0 saturated heterocycles. The Bertz CT molecular complexity index is 481. The number of amides is 1. The van der Waals surface area contributed by atoms with Crippen molar-refractivity contribution < 1.29 is 9.72 Å². The summed E-state index contributed by atoms with van der Waals surface area (Å²) in [7, 11) is 0. The lowest BCUT2D eigenvalue weighted by molar-refractivity contribution is -0.384. The zero-order chi connectivity index (χ0) is 13.9. The van der Waals surface area contributed by atoms with E-state index in [-0.39, 0.29) is 21.7 Å². The topological polar surface area (TPSA) is 72.2 Å². The molecule has 0 aromatic heterocycles. The maximum atomic E-state index is 11.9. The fourth-order valence-corrected chi connectivity index (χ4v) is 1.44. The first kappa shape index (κ1) is 14.4. The summed E-state index contributed by atoms with van der Waals surface area (Å²) in [5.41, 5.74) is -0.0986. The minimum absolute atomic E-state index is 0.0666. The van der Waals surface area contributed by atoms with Crippen LogP contribution in [0, 0.1) is 15.5 Å². The second-order valence-corrected chi connectivity index (χ2v) is 5.57. The summed E-state index contributed by atoms with van der Waals surface area (Å²) < 4.78 is 0. The van der Waals surface area contributed by atoms with Crippen LogP contribution in [0.4, 0.5) is 5.69 Å². The van der Waals surface area contributed by atoms with Crippen LogP contribution in [0.15, 0.2) is 18.2 Å². The number of rotatable bonds is 3. The SMILES string of the molecule is CC(C)(C)CNC(=O)c1cc([N+](=O)[O-])ccc1Cl. The molecule has 1 N–H and O–H groups in total. The van der Waals surface area contributed by atoms with Gasteiger partial charge in [0.05, 0.1) is 15.5 Å². The normalized spacial score (nSPS) is 11.1. The highest BCUT2D eigenvalue weighted by atomic mass is 35.5. The fourth-order valence-electron chi connectivity index (χ4n) is 1.24. The number of nitro groups is 1. The van der Waals surface area contributed by atoms with Gasteiger partial charge in [0, 0.05) is 18.7 Å². The molecule has 18 heavy (non-hydrogen) atoms. The molecular formula is C12H15ClN2O3. The minimum Gasteiger partial charge on any atom is -0.351 e. The Morgan fingerprint density at radius 2 is 2.06 bits per heavy atom. The van der Waals surface area contributed by atoms with Gasteiger partial charge in [-0.1, -0.05) is 32.4 Å². The summed E-state index contributed by atoms with van der Waals surface area (Å²) in [6, 6.07) is 3.80. The molecule has 0 spiro atoms. The van der Waals surface area contributed by atoms with Crippen LogP contribution in [0.2, 0.25) is 5.02 Å². The highest BCUT2D eigenvalue weighted by Crippen LogP contribution is 2.22. The summed E-state index contributed by atoms with van der Waals surface area (Å²) >= 11 is 5.86. The summed E-state index contributed by atoms with van der Waals surface area (Å²) in [4.78, 5) is 21.9. The Morgan fingerprint density at radius 3 is 2.56 bits per heavy atom. The number of carbonyl (C=O) groups excluding carboxylic acids is 1. The monoisotopic (exact) mass is 270 g/mol. The molecule has 0 aliphatic heterocycles. The van der Waals surface area contributed by atoms with Gasteiger partial charge in [-0.25, -0.2) is 0 Å². The van der Waals surface area contributed by atoms with E-state index in [0.717, 1.165) is 0 Å². The molecule has 0 aliphatic carbocycles. The average molecular weight is 271 g/mol. The van der Waals surface area contributed by atoms with Crippen molar-refractivity contribution in [2.75, 3.05) is 6.54 Å². The number of nitro benzene ring substituents is 1. The number of nitrogens with one attached hydrogen (secondary N) is 1. The standard InChI is InChI=1S/C12H15ClN2O3/c1-12(2,3)7-14-11(16)9-6-8(15(17)18)4-5-10(9)13/h4-6H,7H2,1-3H3,(H,14,16). The van der Waals surface area contributed by atoms with Gasteiger partial charge in [0.25, 0.3) is 11.6 Å². The lowest BCUT2D eigenvalue weighted by Gasteiger charge is -2.18. The van der Waals surface area contributed by atoms with Crippen LogP contribution in [-0.2, 0) is 0 Å².